The molecule has 6 N–H and O–H groups in total. The number of hydrogen-bond acceptors (Lipinski definition) is 8. The molecule has 1 amide bonds. The molecule has 11 nitrogen and oxygen atoms in total. The van der Waals surface area contributed by atoms with Gasteiger partial charge in [0.1, 0.15) is 5.69 Å². The van der Waals surface area contributed by atoms with Gasteiger partial charge in [-0.25, -0.2) is 14.6 Å². The van der Waals surface area contributed by atoms with E-state index in [1.165, 1.54) is 0 Å². The minimum absolute atomic E-state index is 0.0632. The molecule has 2 aromatic rings. The molecule has 0 saturated heterocycles. The van der Waals surface area contributed by atoms with E-state index in [1.54, 1.807) is 13.1 Å². The number of hydrogen-bond donors (Lipinski definition) is 4. The second-order valence-corrected chi connectivity index (χ2v) is 5.66. The zero-order valence-electron chi connectivity index (χ0n) is 16.4. The number of carboxylic acid groups (broad SMARTS) is 2. The highest BCUT2D eigenvalue weighted by atomic mass is 16.5. The summed E-state index contributed by atoms with van der Waals surface area (Å²) in [6.45, 7) is 4.04. The molecule has 1 heterocycles. The Hall–Kier alpha value is -4.15. The number of ether oxygens (including phenoxy) is 1. The molecular formula is C19H23N5O6. The molecule has 0 spiro atoms. The first-order chi connectivity index (χ1) is 14.2. The lowest BCUT2D eigenvalue weighted by atomic mass is 10.1. The monoisotopic (exact) mass is 417 g/mol. The molecule has 0 radical (unpaired) electrons. The van der Waals surface area contributed by atoms with Gasteiger partial charge >= 0.3 is 18.0 Å². The number of aromatic amines is 1. The number of nitrogens with zero attached hydrogens (tertiary/aromatic N) is 1. The van der Waals surface area contributed by atoms with Gasteiger partial charge in [0.05, 0.1) is 24.8 Å². The average molecular weight is 417 g/mol. The molecule has 0 bridgehead atoms. The van der Waals surface area contributed by atoms with Crippen LogP contribution >= 0.6 is 0 Å². The summed E-state index contributed by atoms with van der Waals surface area (Å²) in [6, 6.07) is 10.0. The third kappa shape index (κ3) is 9.17. The van der Waals surface area contributed by atoms with Crippen molar-refractivity contribution in [2.24, 2.45) is 0 Å². The second kappa shape index (κ2) is 12.3. The number of H-pyrrole nitrogens is 1. The van der Waals surface area contributed by atoms with E-state index in [2.05, 4.69) is 20.6 Å². The van der Waals surface area contributed by atoms with Gasteiger partial charge in [-0.1, -0.05) is 35.3 Å². The van der Waals surface area contributed by atoms with Crippen LogP contribution in [0.1, 0.15) is 25.5 Å². The SMILES string of the molecule is CCOC(=O)Nc1c[nH+]c(NC(C)c2ccccc2)nc1N.O=C([O-])/C=C/C(=O)O. The fourth-order valence-corrected chi connectivity index (χ4v) is 2.05. The van der Waals surface area contributed by atoms with E-state index in [-0.39, 0.29) is 18.5 Å². The van der Waals surface area contributed by atoms with Crippen molar-refractivity contribution in [3.63, 3.8) is 0 Å². The number of carbonyl (C=O) groups is 3. The molecule has 0 aliphatic rings. The summed E-state index contributed by atoms with van der Waals surface area (Å²) in [5.74, 6) is -2.08. The molecular weight excluding hydrogens is 394 g/mol. The lowest BCUT2D eigenvalue weighted by molar-refractivity contribution is -0.364. The van der Waals surface area contributed by atoms with Gasteiger partial charge < -0.3 is 25.5 Å². The van der Waals surface area contributed by atoms with Gasteiger partial charge in [-0.2, -0.15) is 0 Å². The first-order valence-corrected chi connectivity index (χ1v) is 8.78. The van der Waals surface area contributed by atoms with Crippen LogP contribution in [0.25, 0.3) is 0 Å². The predicted molar refractivity (Wildman–Crippen MR) is 106 cm³/mol. The van der Waals surface area contributed by atoms with Gasteiger partial charge in [0.25, 0.3) is 0 Å². The van der Waals surface area contributed by atoms with Crippen LogP contribution in [-0.4, -0.2) is 34.7 Å². The Balaban J connectivity index is 0.000000479. The summed E-state index contributed by atoms with van der Waals surface area (Å²) in [5, 5.41) is 23.0. The first-order valence-electron chi connectivity index (χ1n) is 8.78. The number of nitrogens with one attached hydrogen (secondary N) is 3. The van der Waals surface area contributed by atoms with E-state index >= 15 is 0 Å². The highest BCUT2D eigenvalue weighted by molar-refractivity contribution is 5.88. The number of benzene rings is 1. The van der Waals surface area contributed by atoms with Crippen LogP contribution in [0.15, 0.2) is 48.7 Å². The molecule has 160 valence electrons. The Morgan fingerprint density at radius 3 is 2.47 bits per heavy atom. The van der Waals surface area contributed by atoms with Crippen LogP contribution in [0.5, 0.6) is 0 Å². The van der Waals surface area contributed by atoms with Crippen molar-refractivity contribution in [2.45, 2.75) is 19.9 Å². The van der Waals surface area contributed by atoms with E-state index in [1.807, 2.05) is 37.3 Å². The maximum atomic E-state index is 11.4. The Morgan fingerprint density at radius 1 is 1.30 bits per heavy atom. The normalized spacial score (nSPS) is 11.0. The number of carboxylic acids is 2. The van der Waals surface area contributed by atoms with Crippen molar-refractivity contribution in [3.8, 4) is 0 Å². The molecule has 1 aromatic carbocycles. The number of aromatic nitrogens is 2. The summed E-state index contributed by atoms with van der Waals surface area (Å²) in [4.78, 5) is 37.5. The molecule has 11 heteroatoms. The third-order valence-corrected chi connectivity index (χ3v) is 3.39. The molecule has 0 aliphatic heterocycles. The molecule has 1 unspecified atom stereocenters. The lowest BCUT2D eigenvalue weighted by Crippen LogP contribution is -2.22. The first kappa shape index (κ1) is 23.9. The highest BCUT2D eigenvalue weighted by Crippen LogP contribution is 2.18. The van der Waals surface area contributed by atoms with Crippen molar-refractivity contribution in [1.82, 2.24) is 4.98 Å². The predicted octanol–water partition coefficient (Wildman–Crippen LogP) is 0.597. The van der Waals surface area contributed by atoms with E-state index < -0.39 is 18.0 Å². The molecule has 0 fully saturated rings. The number of rotatable bonds is 7. The van der Waals surface area contributed by atoms with Crippen LogP contribution in [-0.2, 0) is 14.3 Å². The quantitative estimate of drug-likeness (QED) is 0.469. The number of nitrogens with two attached hydrogens (primary N) is 1. The Kier molecular flexibility index (Phi) is 9.82. The largest absolute Gasteiger partial charge is 0.545 e. The van der Waals surface area contributed by atoms with Crippen LogP contribution in [0.3, 0.4) is 0 Å². The number of amides is 1. The van der Waals surface area contributed by atoms with Crippen LogP contribution in [0.2, 0.25) is 0 Å². The highest BCUT2D eigenvalue weighted by Gasteiger charge is 2.16. The third-order valence-electron chi connectivity index (χ3n) is 3.39. The van der Waals surface area contributed by atoms with Crippen LogP contribution in [0.4, 0.5) is 22.2 Å². The maximum absolute atomic E-state index is 11.4. The van der Waals surface area contributed by atoms with E-state index in [0.29, 0.717) is 23.8 Å². The number of carbonyl (C=O) groups excluding carboxylic acids is 2. The fraction of sp³-hybridized carbons (Fsp3) is 0.211. The minimum Gasteiger partial charge on any atom is -0.545 e. The van der Waals surface area contributed by atoms with Gasteiger partial charge in [0.15, 0.2) is 0 Å². The summed E-state index contributed by atoms with van der Waals surface area (Å²) in [7, 11) is 0. The van der Waals surface area contributed by atoms with E-state index in [0.717, 1.165) is 5.56 Å². The number of aliphatic carboxylic acids is 2. The van der Waals surface area contributed by atoms with Gasteiger partial charge in [0.2, 0.25) is 5.82 Å². The molecule has 0 aliphatic carbocycles. The van der Waals surface area contributed by atoms with Gasteiger partial charge in [-0.15, -0.1) is 0 Å². The van der Waals surface area contributed by atoms with Crippen molar-refractivity contribution in [3.05, 3.63) is 54.2 Å². The van der Waals surface area contributed by atoms with E-state index in [9.17, 15) is 19.5 Å². The average Bonchev–Trinajstić information content (AvgIpc) is 2.70. The molecule has 0 saturated carbocycles. The molecule has 1 atom stereocenters. The minimum atomic E-state index is -1.51. The summed E-state index contributed by atoms with van der Waals surface area (Å²) in [5.41, 5.74) is 7.34. The maximum Gasteiger partial charge on any atom is 0.411 e. The second-order valence-electron chi connectivity index (χ2n) is 5.66. The summed E-state index contributed by atoms with van der Waals surface area (Å²) in [6.07, 6.45) is 1.94. The molecule has 2 rings (SSSR count). The lowest BCUT2D eigenvalue weighted by Gasteiger charge is -2.10. The zero-order chi connectivity index (χ0) is 22.5. The Labute approximate surface area is 172 Å². The van der Waals surface area contributed by atoms with Gasteiger partial charge in [0, 0.05) is 6.08 Å². The number of anilines is 3. The molecule has 30 heavy (non-hydrogen) atoms. The van der Waals surface area contributed by atoms with Crippen LogP contribution in [0, 0.1) is 0 Å². The Morgan fingerprint density at radius 2 is 1.97 bits per heavy atom. The fourth-order valence-electron chi connectivity index (χ4n) is 2.05. The standard InChI is InChI=1S/C15H19N5O2.C4H4O4/c1-3-22-15(21)19-12-9-17-14(20-13(12)16)18-10(2)11-7-5-4-6-8-11;5-3(6)1-2-4(7)8/h4-10H,3H2,1-2H3,(H,19,21)(H3,16,17,18,20);1-2H,(H,5,6)(H,7,8)/b;2-1+. The van der Waals surface area contributed by atoms with Gasteiger partial charge in [-0.3, -0.25) is 10.6 Å². The van der Waals surface area contributed by atoms with Crippen molar-refractivity contribution < 1.29 is 34.3 Å². The summed E-state index contributed by atoms with van der Waals surface area (Å²) < 4.78 is 4.79. The van der Waals surface area contributed by atoms with Gasteiger partial charge in [-0.05, 0) is 25.5 Å². The molecule has 1 aromatic heterocycles. The van der Waals surface area contributed by atoms with Crippen molar-refractivity contribution in [1.29, 1.82) is 0 Å². The Bertz CT molecular complexity index is 872. The zero-order valence-corrected chi connectivity index (χ0v) is 16.4. The summed E-state index contributed by atoms with van der Waals surface area (Å²) >= 11 is 0. The smallest absolute Gasteiger partial charge is 0.411 e. The van der Waals surface area contributed by atoms with Crippen molar-refractivity contribution in [2.75, 3.05) is 23.0 Å². The van der Waals surface area contributed by atoms with Crippen LogP contribution < -0.4 is 26.5 Å². The number of nitrogen functional groups attached to an aromatic ring is 1. The topological polar surface area (TPSA) is 181 Å². The van der Waals surface area contributed by atoms with Crippen molar-refractivity contribution >= 4 is 35.5 Å². The van der Waals surface area contributed by atoms with E-state index in [4.69, 9.17) is 15.6 Å².